The molecule has 2 bridgehead atoms. The van der Waals surface area contributed by atoms with Gasteiger partial charge in [0.1, 0.15) is 18.2 Å². The Morgan fingerprint density at radius 1 is 1.05 bits per heavy atom. The summed E-state index contributed by atoms with van der Waals surface area (Å²) < 4.78 is 11.1. The summed E-state index contributed by atoms with van der Waals surface area (Å²) in [4.78, 5) is 18.6. The highest BCUT2D eigenvalue weighted by Gasteiger charge is 2.44. The lowest BCUT2D eigenvalue weighted by Crippen LogP contribution is -2.68. The van der Waals surface area contributed by atoms with Crippen LogP contribution in [0.25, 0.3) is 22.0 Å². The fourth-order valence-electron chi connectivity index (χ4n) is 5.63. The summed E-state index contributed by atoms with van der Waals surface area (Å²) in [5.74, 6) is 2.16. The summed E-state index contributed by atoms with van der Waals surface area (Å²) in [6.45, 7) is 6.28. The van der Waals surface area contributed by atoms with Gasteiger partial charge < -0.3 is 19.5 Å². The van der Waals surface area contributed by atoms with Crippen LogP contribution in [0, 0.1) is 11.3 Å². The molecule has 1 N–H and O–H groups in total. The number of aliphatic hydroxyl groups is 1. The van der Waals surface area contributed by atoms with Gasteiger partial charge in [-0.2, -0.15) is 5.26 Å². The third-order valence-electron chi connectivity index (χ3n) is 7.63. The molecule has 0 amide bonds. The molecule has 3 fully saturated rings. The van der Waals surface area contributed by atoms with Gasteiger partial charge in [0.05, 0.1) is 29.9 Å². The highest BCUT2D eigenvalue weighted by Crippen LogP contribution is 2.37. The average molecular weight is 537 g/mol. The predicted molar refractivity (Wildman–Crippen MR) is 152 cm³/mol. The standard InChI is InChI=1S/C31H32N6O3/c1-31(2,38)19-40-25-11-26(30-21(13-32)8-9-33-27(30)12-25)22-5-6-28(34-15-22)36-17-23-10-24(18-36)37(23)16-20-4-7-29(39-3)35-14-20/h4-9,11-12,14-15,23-24,38H,10,16-19H2,1-3H3. The van der Waals surface area contributed by atoms with Crippen molar-refractivity contribution in [2.24, 2.45) is 0 Å². The number of benzene rings is 1. The van der Waals surface area contributed by atoms with Crippen LogP contribution in [-0.2, 0) is 6.54 Å². The number of anilines is 1. The summed E-state index contributed by atoms with van der Waals surface area (Å²) in [6.07, 6.45) is 6.58. The van der Waals surface area contributed by atoms with Crippen molar-refractivity contribution in [2.45, 2.75) is 44.5 Å². The third-order valence-corrected chi connectivity index (χ3v) is 7.63. The third kappa shape index (κ3) is 5.16. The number of methoxy groups -OCH3 is 1. The number of hydrogen-bond acceptors (Lipinski definition) is 9. The lowest BCUT2D eigenvalue weighted by molar-refractivity contribution is -0.00876. The van der Waals surface area contributed by atoms with Gasteiger partial charge in [0, 0.05) is 73.4 Å². The maximum absolute atomic E-state index is 10.1. The van der Waals surface area contributed by atoms with Crippen molar-refractivity contribution in [1.29, 1.82) is 5.26 Å². The van der Waals surface area contributed by atoms with E-state index in [2.05, 4.69) is 38.0 Å². The number of nitrogens with zero attached hydrogens (tertiary/aromatic N) is 6. The first kappa shape index (κ1) is 26.0. The monoisotopic (exact) mass is 536 g/mol. The van der Waals surface area contributed by atoms with E-state index in [-0.39, 0.29) is 6.61 Å². The van der Waals surface area contributed by atoms with Crippen LogP contribution in [0.4, 0.5) is 5.82 Å². The number of ether oxygens (including phenoxy) is 2. The minimum absolute atomic E-state index is 0.135. The smallest absolute Gasteiger partial charge is 0.212 e. The molecule has 0 saturated carbocycles. The molecular formula is C31H32N6O3. The van der Waals surface area contributed by atoms with Gasteiger partial charge in [-0.3, -0.25) is 9.88 Å². The summed E-state index contributed by atoms with van der Waals surface area (Å²) in [6, 6.07) is 16.8. The van der Waals surface area contributed by atoms with Crippen LogP contribution < -0.4 is 14.4 Å². The topological polar surface area (TPSA) is 108 Å². The average Bonchev–Trinajstić information content (AvgIpc) is 2.98. The Labute approximate surface area is 233 Å². The summed E-state index contributed by atoms with van der Waals surface area (Å²) in [5, 5.41) is 20.7. The molecule has 9 heteroatoms. The zero-order chi connectivity index (χ0) is 27.9. The summed E-state index contributed by atoms with van der Waals surface area (Å²) in [5.41, 5.74) is 3.13. The number of fused-ring (bicyclic) bond motifs is 3. The van der Waals surface area contributed by atoms with Gasteiger partial charge in [-0.05, 0) is 55.7 Å². The van der Waals surface area contributed by atoms with E-state index in [0.29, 0.717) is 34.8 Å². The normalized spacial score (nSPS) is 18.7. The highest BCUT2D eigenvalue weighted by molar-refractivity contribution is 5.99. The van der Waals surface area contributed by atoms with Gasteiger partial charge in [-0.15, -0.1) is 0 Å². The molecule has 3 aromatic heterocycles. The first-order valence-corrected chi connectivity index (χ1v) is 13.5. The molecule has 9 nitrogen and oxygen atoms in total. The van der Waals surface area contributed by atoms with Crippen molar-refractivity contribution in [3.8, 4) is 28.8 Å². The molecule has 2 unspecified atom stereocenters. The lowest BCUT2D eigenvalue weighted by Gasteiger charge is -2.56. The van der Waals surface area contributed by atoms with Crippen molar-refractivity contribution in [2.75, 3.05) is 31.7 Å². The summed E-state index contributed by atoms with van der Waals surface area (Å²) >= 11 is 0. The fraction of sp³-hybridized carbons (Fsp3) is 0.355. The second-order valence-corrected chi connectivity index (χ2v) is 11.2. The minimum atomic E-state index is -0.976. The van der Waals surface area contributed by atoms with Gasteiger partial charge in [0.25, 0.3) is 0 Å². The number of piperazine rings is 1. The number of hydrogen-bond donors (Lipinski definition) is 1. The molecular weight excluding hydrogens is 504 g/mol. The second-order valence-electron chi connectivity index (χ2n) is 11.2. The highest BCUT2D eigenvalue weighted by atomic mass is 16.5. The van der Waals surface area contributed by atoms with Crippen molar-refractivity contribution < 1.29 is 14.6 Å². The number of aromatic nitrogens is 3. The van der Waals surface area contributed by atoms with Gasteiger partial charge in [0.2, 0.25) is 5.88 Å². The predicted octanol–water partition coefficient (Wildman–Crippen LogP) is 4.18. The molecule has 3 aliphatic heterocycles. The molecule has 4 aromatic rings. The van der Waals surface area contributed by atoms with Crippen molar-refractivity contribution >= 4 is 16.7 Å². The molecule has 204 valence electrons. The molecule has 7 rings (SSSR count). The SMILES string of the molecule is COc1ccc(CN2C3CC2CN(c2ccc(-c4cc(OCC(C)(C)O)cc5nccc(C#N)c45)cn2)C3)cn1. The van der Waals surface area contributed by atoms with Gasteiger partial charge in [-0.25, -0.2) is 9.97 Å². The Balaban J connectivity index is 1.21. The van der Waals surface area contributed by atoms with Crippen molar-refractivity contribution in [1.82, 2.24) is 19.9 Å². The Morgan fingerprint density at radius 2 is 1.88 bits per heavy atom. The van der Waals surface area contributed by atoms with E-state index in [1.54, 1.807) is 39.3 Å². The molecule has 0 spiro atoms. The number of piperidine rings is 1. The van der Waals surface area contributed by atoms with E-state index in [0.717, 1.165) is 42.0 Å². The van der Waals surface area contributed by atoms with Crippen LogP contribution in [0.3, 0.4) is 0 Å². The Morgan fingerprint density at radius 3 is 2.52 bits per heavy atom. The van der Waals surface area contributed by atoms with E-state index in [4.69, 9.17) is 14.5 Å². The molecule has 0 aliphatic carbocycles. The molecule has 6 heterocycles. The van der Waals surface area contributed by atoms with E-state index in [9.17, 15) is 10.4 Å². The zero-order valence-electron chi connectivity index (χ0n) is 22.9. The van der Waals surface area contributed by atoms with Crippen molar-refractivity contribution in [3.63, 3.8) is 0 Å². The fourth-order valence-corrected chi connectivity index (χ4v) is 5.63. The maximum atomic E-state index is 10.1. The van der Waals surface area contributed by atoms with Crippen LogP contribution in [0.15, 0.2) is 61.1 Å². The van der Waals surface area contributed by atoms with E-state index in [1.807, 2.05) is 30.6 Å². The van der Waals surface area contributed by atoms with Gasteiger partial charge in [0.15, 0.2) is 0 Å². The van der Waals surface area contributed by atoms with E-state index < -0.39 is 5.60 Å². The van der Waals surface area contributed by atoms with Crippen LogP contribution in [-0.4, -0.2) is 69.4 Å². The van der Waals surface area contributed by atoms with Crippen LogP contribution >= 0.6 is 0 Å². The van der Waals surface area contributed by atoms with Crippen LogP contribution in [0.2, 0.25) is 0 Å². The molecule has 2 atom stereocenters. The minimum Gasteiger partial charge on any atom is -0.491 e. The van der Waals surface area contributed by atoms with Gasteiger partial charge >= 0.3 is 0 Å². The lowest BCUT2D eigenvalue weighted by atomic mass is 9.87. The Kier molecular flexibility index (Phi) is 6.74. The Hall–Kier alpha value is -4.26. The number of nitriles is 1. The van der Waals surface area contributed by atoms with Crippen LogP contribution in [0.5, 0.6) is 11.6 Å². The molecule has 1 aromatic carbocycles. The molecule has 3 saturated heterocycles. The van der Waals surface area contributed by atoms with Gasteiger partial charge in [-0.1, -0.05) is 6.07 Å². The van der Waals surface area contributed by atoms with Crippen LogP contribution in [0.1, 0.15) is 31.4 Å². The molecule has 0 radical (unpaired) electrons. The maximum Gasteiger partial charge on any atom is 0.212 e. The number of rotatable bonds is 8. The molecule has 40 heavy (non-hydrogen) atoms. The first-order chi connectivity index (χ1) is 19.3. The second kappa shape index (κ2) is 10.4. The van der Waals surface area contributed by atoms with E-state index in [1.165, 1.54) is 12.0 Å². The number of pyridine rings is 3. The quantitative estimate of drug-likeness (QED) is 0.355. The summed E-state index contributed by atoms with van der Waals surface area (Å²) in [7, 11) is 1.63. The zero-order valence-corrected chi connectivity index (χ0v) is 22.9. The Bertz CT molecular complexity index is 1550. The largest absolute Gasteiger partial charge is 0.491 e. The van der Waals surface area contributed by atoms with E-state index >= 15 is 0 Å². The van der Waals surface area contributed by atoms with Crippen molar-refractivity contribution in [3.05, 3.63) is 72.2 Å². The molecule has 3 aliphatic rings. The first-order valence-electron chi connectivity index (χ1n) is 13.5.